The van der Waals surface area contributed by atoms with Gasteiger partial charge in [-0.3, -0.25) is 9.59 Å². The largest absolute Gasteiger partial charge is 0.479 e. The van der Waals surface area contributed by atoms with E-state index in [1.165, 1.54) is 17.5 Å². The van der Waals surface area contributed by atoms with Crippen molar-refractivity contribution in [1.82, 2.24) is 10.2 Å². The van der Waals surface area contributed by atoms with Gasteiger partial charge in [-0.15, -0.1) is 0 Å². The van der Waals surface area contributed by atoms with Crippen molar-refractivity contribution in [3.8, 4) is 11.1 Å². The maximum absolute atomic E-state index is 13.3. The molecule has 0 spiro atoms. The molecule has 0 aliphatic rings. The molecular weight excluding hydrogens is 482 g/mol. The highest BCUT2D eigenvalue weighted by molar-refractivity contribution is 5.98. The topological polar surface area (TPSA) is 122 Å². The van der Waals surface area contributed by atoms with Gasteiger partial charge in [-0.25, -0.2) is 4.79 Å². The van der Waals surface area contributed by atoms with E-state index in [9.17, 15) is 14.4 Å². The zero-order chi connectivity index (χ0) is 27.5. The molecule has 0 radical (unpaired) electrons. The summed E-state index contributed by atoms with van der Waals surface area (Å²) in [7, 11) is 1.48. The van der Waals surface area contributed by atoms with Crippen LogP contribution in [-0.4, -0.2) is 53.7 Å². The second-order valence-corrected chi connectivity index (χ2v) is 9.13. The number of nitrogens with zero attached hydrogens (tertiary/aromatic N) is 1. The van der Waals surface area contributed by atoms with E-state index in [2.05, 4.69) is 36.5 Å². The number of nitrogens with two attached hydrogens (primary N) is 1. The summed E-state index contributed by atoms with van der Waals surface area (Å²) in [5.41, 5.74) is 10.1. The molecule has 0 fully saturated rings. The quantitative estimate of drug-likeness (QED) is 0.296. The Balaban J connectivity index is 1.71. The average molecular weight is 518 g/mol. The van der Waals surface area contributed by atoms with E-state index in [4.69, 9.17) is 15.6 Å². The van der Waals surface area contributed by atoms with Crippen LogP contribution in [0.25, 0.3) is 11.1 Å². The monoisotopic (exact) mass is 517 g/mol. The lowest BCUT2D eigenvalue weighted by Crippen LogP contribution is -2.56. The van der Waals surface area contributed by atoms with Gasteiger partial charge < -0.3 is 25.8 Å². The number of amides is 2. The van der Waals surface area contributed by atoms with Crippen molar-refractivity contribution in [2.45, 2.75) is 45.0 Å². The van der Waals surface area contributed by atoms with Gasteiger partial charge in [-0.1, -0.05) is 80.1 Å². The fourth-order valence-corrected chi connectivity index (χ4v) is 3.93. The lowest BCUT2D eigenvalue weighted by Gasteiger charge is -2.28. The summed E-state index contributed by atoms with van der Waals surface area (Å²) in [5, 5.41) is 11.3. The summed E-state index contributed by atoms with van der Waals surface area (Å²) < 4.78 is 5.72. The minimum Gasteiger partial charge on any atom is -0.479 e. The van der Waals surface area contributed by atoms with Crippen LogP contribution in [0, 0.1) is 0 Å². The van der Waals surface area contributed by atoms with Crippen LogP contribution in [0.5, 0.6) is 0 Å². The first-order chi connectivity index (χ1) is 18.3. The highest BCUT2D eigenvalue weighted by Gasteiger charge is 2.30. The van der Waals surface area contributed by atoms with Crippen molar-refractivity contribution in [3.05, 3.63) is 95.6 Å². The number of carbonyl (C=O) groups is 3. The number of carboxylic acid groups (broad SMARTS) is 1. The number of aryl methyl sites for hydroxylation is 1. The molecule has 200 valence electrons. The molecule has 0 aliphatic heterocycles. The van der Waals surface area contributed by atoms with Gasteiger partial charge in [0.2, 0.25) is 5.91 Å². The van der Waals surface area contributed by atoms with Crippen molar-refractivity contribution in [3.63, 3.8) is 0 Å². The second kappa shape index (κ2) is 14.1. The number of likely N-dealkylation sites (N-methyl/N-ethyl adjacent to an activating group) is 1. The molecule has 3 rings (SSSR count). The molecule has 3 aromatic carbocycles. The van der Waals surface area contributed by atoms with E-state index in [1.54, 1.807) is 12.1 Å². The minimum atomic E-state index is -1.60. The van der Waals surface area contributed by atoms with Crippen LogP contribution in [0.15, 0.2) is 78.9 Å². The van der Waals surface area contributed by atoms with E-state index < -0.39 is 30.0 Å². The first-order valence-electron chi connectivity index (χ1n) is 12.7. The van der Waals surface area contributed by atoms with E-state index >= 15 is 0 Å². The van der Waals surface area contributed by atoms with Crippen molar-refractivity contribution in [2.24, 2.45) is 5.73 Å². The van der Waals surface area contributed by atoms with Gasteiger partial charge in [0, 0.05) is 12.6 Å². The molecule has 4 N–H and O–H groups in total. The van der Waals surface area contributed by atoms with Crippen LogP contribution < -0.4 is 11.1 Å². The van der Waals surface area contributed by atoms with Gasteiger partial charge in [0.25, 0.3) is 5.91 Å². The molecule has 2 atom stereocenters. The van der Waals surface area contributed by atoms with Crippen molar-refractivity contribution < 1.29 is 24.2 Å². The number of rotatable bonds is 13. The number of benzene rings is 3. The molecular formula is C30H35N3O5. The Bertz CT molecular complexity index is 1200. The van der Waals surface area contributed by atoms with Crippen molar-refractivity contribution in [2.75, 3.05) is 13.7 Å². The Hall–Kier alpha value is -4.01. The number of carboxylic acids is 1. The molecule has 0 aliphatic carbocycles. The molecule has 0 heterocycles. The third-order valence-electron chi connectivity index (χ3n) is 6.28. The molecule has 38 heavy (non-hydrogen) atoms. The molecule has 8 nitrogen and oxygen atoms in total. The van der Waals surface area contributed by atoms with E-state index in [-0.39, 0.29) is 13.2 Å². The maximum Gasteiger partial charge on any atom is 0.341 e. The molecule has 2 amide bonds. The Morgan fingerprint density at radius 1 is 0.921 bits per heavy atom. The van der Waals surface area contributed by atoms with Crippen LogP contribution >= 0.6 is 0 Å². The number of ether oxygens (including phenoxy) is 1. The SMILES string of the molecule is CCCCc1ccc(-c2ccc(C(=O)N(C)[C@H](COCc3ccccc3)C(=O)N[C@H](N)C(=O)O)cc2)cc1. The molecule has 0 saturated carbocycles. The Labute approximate surface area is 223 Å². The number of hydrogen-bond donors (Lipinski definition) is 3. The third kappa shape index (κ3) is 7.99. The first-order valence-corrected chi connectivity index (χ1v) is 12.7. The van der Waals surface area contributed by atoms with Crippen LogP contribution in [0.4, 0.5) is 0 Å². The Morgan fingerprint density at radius 3 is 2.11 bits per heavy atom. The predicted octanol–water partition coefficient (Wildman–Crippen LogP) is 3.84. The molecule has 8 heteroatoms. The number of nitrogens with one attached hydrogen (secondary N) is 1. The smallest absolute Gasteiger partial charge is 0.341 e. The lowest BCUT2D eigenvalue weighted by atomic mass is 10.0. The molecule has 0 saturated heterocycles. The van der Waals surface area contributed by atoms with E-state index in [0.717, 1.165) is 36.0 Å². The molecule has 0 unspecified atom stereocenters. The standard InChI is InChI=1S/C30H35N3O5/c1-3-4-8-21-11-13-23(14-12-21)24-15-17-25(18-16-24)29(35)33(2)26(28(34)32-27(31)30(36)37)20-38-19-22-9-6-5-7-10-22/h5-7,9-18,26-27H,3-4,8,19-20,31H2,1-2H3,(H,32,34)(H,36,37)/t26-,27+/m1/s1. The fourth-order valence-electron chi connectivity index (χ4n) is 3.93. The van der Waals surface area contributed by atoms with Gasteiger partial charge in [-0.05, 0) is 47.2 Å². The Morgan fingerprint density at radius 2 is 1.53 bits per heavy atom. The van der Waals surface area contributed by atoms with Crippen LogP contribution in [0.2, 0.25) is 0 Å². The van der Waals surface area contributed by atoms with E-state index in [0.29, 0.717) is 5.56 Å². The van der Waals surface area contributed by atoms with Gasteiger partial charge in [0.1, 0.15) is 6.04 Å². The zero-order valence-corrected chi connectivity index (χ0v) is 21.8. The van der Waals surface area contributed by atoms with Crippen LogP contribution in [0.1, 0.15) is 41.3 Å². The predicted molar refractivity (Wildman–Crippen MR) is 146 cm³/mol. The summed E-state index contributed by atoms with van der Waals surface area (Å²) in [6.07, 6.45) is 1.76. The highest BCUT2D eigenvalue weighted by atomic mass is 16.5. The fraction of sp³-hybridized carbons (Fsp3) is 0.300. The first kappa shape index (κ1) is 28.6. The lowest BCUT2D eigenvalue weighted by molar-refractivity contribution is -0.142. The summed E-state index contributed by atoms with van der Waals surface area (Å²) in [5.74, 6) is -2.51. The van der Waals surface area contributed by atoms with Gasteiger partial charge in [0.05, 0.1) is 13.2 Å². The number of aliphatic carboxylic acids is 1. The van der Waals surface area contributed by atoms with Crippen molar-refractivity contribution >= 4 is 17.8 Å². The summed E-state index contributed by atoms with van der Waals surface area (Å²) in [6, 6.07) is 23.8. The van der Waals surface area contributed by atoms with E-state index in [1.807, 2.05) is 42.5 Å². The normalized spacial score (nSPS) is 12.4. The van der Waals surface area contributed by atoms with Gasteiger partial charge in [-0.2, -0.15) is 0 Å². The average Bonchev–Trinajstić information content (AvgIpc) is 2.94. The van der Waals surface area contributed by atoms with Gasteiger partial charge in [0.15, 0.2) is 6.17 Å². The summed E-state index contributed by atoms with van der Waals surface area (Å²) in [6.45, 7) is 2.26. The Kier molecular flexibility index (Phi) is 10.6. The second-order valence-electron chi connectivity index (χ2n) is 9.13. The molecule has 0 aromatic heterocycles. The van der Waals surface area contributed by atoms with Gasteiger partial charge >= 0.3 is 5.97 Å². The third-order valence-corrected chi connectivity index (χ3v) is 6.28. The maximum atomic E-state index is 13.3. The molecule has 0 bridgehead atoms. The molecule has 3 aromatic rings. The minimum absolute atomic E-state index is 0.141. The van der Waals surface area contributed by atoms with Crippen LogP contribution in [-0.2, 0) is 27.4 Å². The number of hydrogen-bond acceptors (Lipinski definition) is 5. The van der Waals surface area contributed by atoms with Crippen LogP contribution in [0.3, 0.4) is 0 Å². The summed E-state index contributed by atoms with van der Waals surface area (Å²) in [4.78, 5) is 38.5. The van der Waals surface area contributed by atoms with Crippen molar-refractivity contribution in [1.29, 1.82) is 0 Å². The number of unbranched alkanes of at least 4 members (excludes halogenated alkanes) is 1. The highest BCUT2D eigenvalue weighted by Crippen LogP contribution is 2.22. The number of carbonyl (C=O) groups excluding carboxylic acids is 2. The summed E-state index contributed by atoms with van der Waals surface area (Å²) >= 11 is 0. The zero-order valence-electron chi connectivity index (χ0n) is 21.8.